The van der Waals surface area contributed by atoms with Crippen LogP contribution in [0, 0.1) is 0 Å². The van der Waals surface area contributed by atoms with E-state index < -0.39 is 42.4 Å². The molecule has 25 heavy (non-hydrogen) atoms. The summed E-state index contributed by atoms with van der Waals surface area (Å²) in [5.41, 5.74) is 0.574. The van der Waals surface area contributed by atoms with Crippen LogP contribution in [0.1, 0.15) is 11.7 Å². The van der Waals surface area contributed by atoms with Crippen molar-refractivity contribution in [3.05, 3.63) is 35.3 Å². The van der Waals surface area contributed by atoms with Crippen molar-refractivity contribution in [2.24, 2.45) is 0 Å². The average Bonchev–Trinajstić information content (AvgIpc) is 2.85. The number of carbonyl (C=O) groups excluding carboxylic acids is 1. The molecule has 0 amide bonds. The Bertz CT molecular complexity index is 631. The quantitative estimate of drug-likeness (QED) is 0.238. The number of esters is 1. The van der Waals surface area contributed by atoms with E-state index in [-0.39, 0.29) is 11.5 Å². The third kappa shape index (κ3) is 5.22. The lowest BCUT2D eigenvalue weighted by atomic mass is 10.1. The molecule has 0 bridgehead atoms. The molecule has 1 aromatic rings. The fourth-order valence-electron chi connectivity index (χ4n) is 1.88. The lowest BCUT2D eigenvalue weighted by Crippen LogP contribution is -2.31. The zero-order valence-electron chi connectivity index (χ0n) is 13.3. The predicted molar refractivity (Wildman–Crippen MR) is 83.9 cm³/mol. The van der Waals surface area contributed by atoms with Crippen molar-refractivity contribution in [2.45, 2.75) is 18.3 Å². The maximum atomic E-state index is 10.5. The zero-order valence-corrected chi connectivity index (χ0v) is 13.3. The van der Waals surface area contributed by atoms with Gasteiger partial charge >= 0.3 is 5.97 Å². The van der Waals surface area contributed by atoms with Gasteiger partial charge < -0.3 is 45.8 Å². The second-order valence-corrected chi connectivity index (χ2v) is 5.13. The summed E-state index contributed by atoms with van der Waals surface area (Å²) >= 11 is 0. The van der Waals surface area contributed by atoms with E-state index in [0.29, 0.717) is 12.1 Å². The van der Waals surface area contributed by atoms with Crippen molar-refractivity contribution in [1.82, 2.24) is 5.32 Å². The summed E-state index contributed by atoms with van der Waals surface area (Å²) in [4.78, 5) is 10.5. The van der Waals surface area contributed by atoms with E-state index in [0.717, 1.165) is 0 Å². The first kappa shape index (κ1) is 20.5. The van der Waals surface area contributed by atoms with E-state index in [1.807, 2.05) is 0 Å². The van der Waals surface area contributed by atoms with Crippen LogP contribution >= 0.6 is 0 Å². The molecule has 0 aliphatic carbocycles. The summed E-state index contributed by atoms with van der Waals surface area (Å²) < 4.78 is 4.32. The van der Waals surface area contributed by atoms with E-state index in [4.69, 9.17) is 30.6 Å². The minimum atomic E-state index is -1.42. The maximum absolute atomic E-state index is 10.5. The standard InChI is InChI=1S/C9H13NO3.C6H8O6/c1-10-5-9(13)6-2-3-7(11)8(12)4-6;7-1-2(8)5-3(9)4(10)6(11)12-5/h2-4,9-13H,5H2,1H3;2,5,7-10H,1H2/t;2-,5+/m.0/s1. The van der Waals surface area contributed by atoms with E-state index >= 15 is 0 Å². The predicted octanol–water partition coefficient (Wildman–Crippen LogP) is -1.06. The number of aliphatic hydroxyl groups is 5. The smallest absolute Gasteiger partial charge is 0.377 e. The Morgan fingerprint density at radius 1 is 1.16 bits per heavy atom. The van der Waals surface area contributed by atoms with Crippen LogP contribution in [-0.2, 0) is 9.53 Å². The van der Waals surface area contributed by atoms with Gasteiger partial charge in [-0.05, 0) is 24.7 Å². The van der Waals surface area contributed by atoms with Crippen LogP contribution in [0.4, 0.5) is 0 Å². The van der Waals surface area contributed by atoms with E-state index in [2.05, 4.69) is 10.1 Å². The molecule has 0 saturated heterocycles. The summed E-state index contributed by atoms with van der Waals surface area (Å²) in [7, 11) is 1.73. The number of rotatable bonds is 5. The van der Waals surface area contributed by atoms with Gasteiger partial charge in [-0.15, -0.1) is 0 Å². The van der Waals surface area contributed by atoms with Gasteiger partial charge in [0.15, 0.2) is 23.4 Å². The number of nitrogens with one attached hydrogen (secondary N) is 1. The SMILES string of the molecule is CNCC(O)c1ccc(O)c(O)c1.O=C1O[C@H]([C@@H](O)CO)C(O)=C1O. The van der Waals surface area contributed by atoms with Crippen molar-refractivity contribution < 1.29 is 45.3 Å². The summed E-state index contributed by atoms with van der Waals surface area (Å²) in [6.07, 6.45) is -3.45. The first-order chi connectivity index (χ1) is 11.7. The highest BCUT2D eigenvalue weighted by atomic mass is 16.6. The van der Waals surface area contributed by atoms with E-state index in [1.54, 1.807) is 13.1 Å². The summed E-state index contributed by atoms with van der Waals surface area (Å²) in [5, 5.41) is 65.5. The summed E-state index contributed by atoms with van der Waals surface area (Å²) in [6.45, 7) is -0.264. The molecule has 0 fully saturated rings. The molecule has 0 radical (unpaired) electrons. The largest absolute Gasteiger partial charge is 0.505 e. The molecule has 140 valence electrons. The fraction of sp³-hybridized carbons (Fsp3) is 0.400. The van der Waals surface area contributed by atoms with Gasteiger partial charge in [0.1, 0.15) is 6.10 Å². The van der Waals surface area contributed by atoms with Crippen molar-refractivity contribution in [1.29, 1.82) is 0 Å². The molecule has 0 aromatic heterocycles. The average molecular weight is 359 g/mol. The molecule has 1 aliphatic heterocycles. The van der Waals surface area contributed by atoms with Gasteiger partial charge in [-0.2, -0.15) is 0 Å². The Morgan fingerprint density at radius 2 is 1.80 bits per heavy atom. The maximum Gasteiger partial charge on any atom is 0.377 e. The first-order valence-corrected chi connectivity index (χ1v) is 7.19. The minimum absolute atomic E-state index is 0.180. The van der Waals surface area contributed by atoms with Crippen molar-refractivity contribution >= 4 is 5.97 Å². The number of hydrogen-bond acceptors (Lipinski definition) is 10. The molecular formula is C15H21NO9. The van der Waals surface area contributed by atoms with Gasteiger partial charge in [0, 0.05) is 6.54 Å². The summed E-state index contributed by atoms with van der Waals surface area (Å²) in [5.74, 6) is -3.17. The second-order valence-electron chi connectivity index (χ2n) is 5.13. The summed E-state index contributed by atoms with van der Waals surface area (Å²) in [6, 6.07) is 4.26. The van der Waals surface area contributed by atoms with Gasteiger partial charge in [-0.1, -0.05) is 6.07 Å². The minimum Gasteiger partial charge on any atom is -0.505 e. The highest BCUT2D eigenvalue weighted by molar-refractivity contribution is 5.89. The van der Waals surface area contributed by atoms with Crippen LogP contribution in [-0.4, -0.2) is 74.1 Å². The van der Waals surface area contributed by atoms with Crippen LogP contribution in [0.5, 0.6) is 11.5 Å². The fourth-order valence-corrected chi connectivity index (χ4v) is 1.88. The van der Waals surface area contributed by atoms with Crippen LogP contribution in [0.3, 0.4) is 0 Å². The van der Waals surface area contributed by atoms with Gasteiger partial charge in [-0.3, -0.25) is 0 Å². The van der Waals surface area contributed by atoms with Crippen LogP contribution in [0.2, 0.25) is 0 Å². The highest BCUT2D eigenvalue weighted by Gasteiger charge is 2.38. The molecule has 10 nitrogen and oxygen atoms in total. The lowest BCUT2D eigenvalue weighted by molar-refractivity contribution is -0.147. The molecule has 8 N–H and O–H groups in total. The second kappa shape index (κ2) is 9.08. The molecule has 0 spiro atoms. The number of benzene rings is 1. The normalized spacial score (nSPS) is 19.0. The molecule has 1 heterocycles. The number of aliphatic hydroxyl groups excluding tert-OH is 5. The van der Waals surface area contributed by atoms with E-state index in [1.165, 1.54) is 12.1 Å². The molecular weight excluding hydrogens is 338 g/mol. The third-order valence-corrected chi connectivity index (χ3v) is 3.26. The van der Waals surface area contributed by atoms with Crippen molar-refractivity contribution in [3.8, 4) is 11.5 Å². The molecule has 0 saturated carbocycles. The monoisotopic (exact) mass is 359 g/mol. The van der Waals surface area contributed by atoms with Crippen molar-refractivity contribution in [2.75, 3.05) is 20.2 Å². The number of cyclic esters (lactones) is 1. The Balaban J connectivity index is 0.000000251. The van der Waals surface area contributed by atoms with Crippen LogP contribution in [0.15, 0.2) is 29.7 Å². The number of aromatic hydroxyl groups is 2. The van der Waals surface area contributed by atoms with Crippen LogP contribution < -0.4 is 5.32 Å². The Labute approximate surface area is 142 Å². The number of carbonyl (C=O) groups is 1. The van der Waals surface area contributed by atoms with Gasteiger partial charge in [0.05, 0.1) is 12.7 Å². The Morgan fingerprint density at radius 3 is 2.24 bits per heavy atom. The zero-order chi connectivity index (χ0) is 19.1. The number of hydrogen-bond donors (Lipinski definition) is 8. The van der Waals surface area contributed by atoms with Gasteiger partial charge in [0.25, 0.3) is 0 Å². The molecule has 10 heteroatoms. The lowest BCUT2D eigenvalue weighted by Gasteiger charge is -2.13. The first-order valence-electron chi connectivity index (χ1n) is 7.19. The number of ether oxygens (including phenoxy) is 1. The van der Waals surface area contributed by atoms with E-state index in [9.17, 15) is 9.90 Å². The Kier molecular flexibility index (Phi) is 7.45. The highest BCUT2D eigenvalue weighted by Crippen LogP contribution is 2.27. The molecule has 1 aromatic carbocycles. The number of phenols is 2. The number of phenolic OH excluding ortho intramolecular Hbond substituents is 2. The molecule has 2 rings (SSSR count). The number of likely N-dealkylation sites (N-methyl/N-ethyl adjacent to an activating group) is 1. The molecule has 1 unspecified atom stereocenters. The van der Waals surface area contributed by atoms with Gasteiger partial charge in [0.2, 0.25) is 5.76 Å². The molecule has 1 aliphatic rings. The van der Waals surface area contributed by atoms with Crippen molar-refractivity contribution in [3.63, 3.8) is 0 Å². The Hall–Kier alpha value is -2.53. The topological polar surface area (TPSA) is 180 Å². The van der Waals surface area contributed by atoms with Gasteiger partial charge in [-0.25, -0.2) is 4.79 Å². The third-order valence-electron chi connectivity index (χ3n) is 3.26. The molecule has 3 atom stereocenters. The van der Waals surface area contributed by atoms with Crippen LogP contribution in [0.25, 0.3) is 0 Å².